The number of carboxylic acids is 1. The van der Waals surface area contributed by atoms with Crippen LogP contribution in [0, 0.1) is 11.8 Å². The van der Waals surface area contributed by atoms with Crippen LogP contribution in [0.2, 0.25) is 0 Å². The first-order valence-electron chi connectivity index (χ1n) is 7.81. The van der Waals surface area contributed by atoms with E-state index in [0.29, 0.717) is 5.56 Å². The summed E-state index contributed by atoms with van der Waals surface area (Å²) in [5, 5.41) is 9.01. The predicted molar refractivity (Wildman–Crippen MR) is 82.4 cm³/mol. The van der Waals surface area contributed by atoms with Gasteiger partial charge in [-0.2, -0.15) is 0 Å². The van der Waals surface area contributed by atoms with Crippen LogP contribution in [0.5, 0.6) is 0 Å². The standard InChI is InChI=1S/C17H22N2O2/c1-12-2-4-13(5-3-12)8-9-19-11-18-15-10-14(17(20)21)6-7-16(15)19/h6-7,10-13H,2-5,8-9H2,1H3,(H,20,21). The third kappa shape index (κ3) is 3.09. The zero-order chi connectivity index (χ0) is 14.8. The number of aromatic nitrogens is 2. The maximum absolute atomic E-state index is 11.0. The van der Waals surface area contributed by atoms with Gasteiger partial charge in [-0.1, -0.05) is 32.6 Å². The van der Waals surface area contributed by atoms with Crippen LogP contribution in [0.25, 0.3) is 11.0 Å². The van der Waals surface area contributed by atoms with E-state index in [0.717, 1.165) is 29.4 Å². The molecule has 0 spiro atoms. The molecular formula is C17H22N2O2. The minimum absolute atomic E-state index is 0.300. The first-order chi connectivity index (χ1) is 10.1. The van der Waals surface area contributed by atoms with Crippen molar-refractivity contribution in [3.63, 3.8) is 0 Å². The molecular weight excluding hydrogens is 264 g/mol. The van der Waals surface area contributed by atoms with Crippen molar-refractivity contribution in [3.8, 4) is 0 Å². The molecule has 21 heavy (non-hydrogen) atoms. The molecule has 1 aromatic carbocycles. The van der Waals surface area contributed by atoms with Gasteiger partial charge in [-0.15, -0.1) is 0 Å². The molecule has 1 heterocycles. The van der Waals surface area contributed by atoms with E-state index in [1.807, 2.05) is 12.4 Å². The molecule has 4 heteroatoms. The van der Waals surface area contributed by atoms with E-state index in [1.54, 1.807) is 12.1 Å². The lowest BCUT2D eigenvalue weighted by Crippen LogP contribution is -2.14. The van der Waals surface area contributed by atoms with Crippen LogP contribution >= 0.6 is 0 Å². The summed E-state index contributed by atoms with van der Waals surface area (Å²) in [7, 11) is 0. The highest BCUT2D eigenvalue weighted by Gasteiger charge is 2.18. The zero-order valence-electron chi connectivity index (χ0n) is 12.5. The van der Waals surface area contributed by atoms with Crippen molar-refractivity contribution in [3.05, 3.63) is 30.1 Å². The molecule has 1 aromatic heterocycles. The van der Waals surface area contributed by atoms with Gasteiger partial charge in [0.25, 0.3) is 0 Å². The molecule has 1 fully saturated rings. The minimum Gasteiger partial charge on any atom is -0.478 e. The predicted octanol–water partition coefficient (Wildman–Crippen LogP) is 3.95. The molecule has 0 radical (unpaired) electrons. The quantitative estimate of drug-likeness (QED) is 0.925. The molecule has 4 nitrogen and oxygen atoms in total. The Hall–Kier alpha value is -1.84. The molecule has 0 amide bonds. The number of hydrogen-bond acceptors (Lipinski definition) is 2. The van der Waals surface area contributed by atoms with E-state index < -0.39 is 5.97 Å². The third-order valence-electron chi connectivity index (χ3n) is 4.78. The Morgan fingerprint density at radius 2 is 2.10 bits per heavy atom. The highest BCUT2D eigenvalue weighted by molar-refractivity contribution is 5.92. The number of imidazole rings is 1. The lowest BCUT2D eigenvalue weighted by Gasteiger charge is -2.26. The van der Waals surface area contributed by atoms with Crippen LogP contribution in [0.3, 0.4) is 0 Å². The summed E-state index contributed by atoms with van der Waals surface area (Å²) in [5.74, 6) is 0.824. The van der Waals surface area contributed by atoms with E-state index in [9.17, 15) is 4.79 Å². The molecule has 0 unspecified atom stereocenters. The Bertz CT molecular complexity index is 639. The summed E-state index contributed by atoms with van der Waals surface area (Å²) in [5.41, 5.74) is 2.10. The van der Waals surface area contributed by atoms with Crippen LogP contribution in [0.1, 0.15) is 49.4 Å². The molecule has 0 bridgehead atoms. The number of carbonyl (C=O) groups is 1. The van der Waals surface area contributed by atoms with E-state index in [-0.39, 0.29) is 0 Å². The Balaban J connectivity index is 1.68. The van der Waals surface area contributed by atoms with Crippen molar-refractivity contribution in [2.75, 3.05) is 0 Å². The molecule has 1 saturated carbocycles. The van der Waals surface area contributed by atoms with Crippen molar-refractivity contribution in [2.24, 2.45) is 11.8 Å². The topological polar surface area (TPSA) is 55.1 Å². The van der Waals surface area contributed by atoms with Crippen LogP contribution < -0.4 is 0 Å². The summed E-state index contributed by atoms with van der Waals surface area (Å²) >= 11 is 0. The number of benzene rings is 1. The fraction of sp³-hybridized carbons (Fsp3) is 0.529. The summed E-state index contributed by atoms with van der Waals surface area (Å²) in [4.78, 5) is 15.3. The molecule has 0 aliphatic heterocycles. The van der Waals surface area contributed by atoms with Crippen molar-refractivity contribution < 1.29 is 9.90 Å². The SMILES string of the molecule is CC1CCC(CCn2cnc3cc(C(=O)O)ccc32)CC1. The van der Waals surface area contributed by atoms with Gasteiger partial charge in [-0.3, -0.25) is 0 Å². The number of carboxylic acid groups (broad SMARTS) is 1. The molecule has 112 valence electrons. The van der Waals surface area contributed by atoms with E-state index in [2.05, 4.69) is 16.5 Å². The van der Waals surface area contributed by atoms with Crippen LogP contribution in [0.4, 0.5) is 0 Å². The largest absolute Gasteiger partial charge is 0.478 e. The molecule has 0 atom stereocenters. The van der Waals surface area contributed by atoms with Gasteiger partial charge in [0.2, 0.25) is 0 Å². The highest BCUT2D eigenvalue weighted by atomic mass is 16.4. The number of hydrogen-bond donors (Lipinski definition) is 1. The van der Waals surface area contributed by atoms with Gasteiger partial charge in [0, 0.05) is 6.54 Å². The van der Waals surface area contributed by atoms with E-state index in [4.69, 9.17) is 5.11 Å². The average Bonchev–Trinajstić information content (AvgIpc) is 2.89. The first kappa shape index (κ1) is 14.1. The van der Waals surface area contributed by atoms with Gasteiger partial charge in [0.05, 0.1) is 22.9 Å². The van der Waals surface area contributed by atoms with E-state index in [1.165, 1.54) is 32.1 Å². The van der Waals surface area contributed by atoms with Gasteiger partial charge >= 0.3 is 5.97 Å². The third-order valence-corrected chi connectivity index (χ3v) is 4.78. The number of nitrogens with zero attached hydrogens (tertiary/aromatic N) is 2. The van der Waals surface area contributed by atoms with Crippen LogP contribution in [-0.4, -0.2) is 20.6 Å². The molecule has 1 aliphatic rings. The zero-order valence-corrected chi connectivity index (χ0v) is 12.5. The lowest BCUT2D eigenvalue weighted by molar-refractivity contribution is 0.0697. The maximum Gasteiger partial charge on any atom is 0.335 e. The number of rotatable bonds is 4. The van der Waals surface area contributed by atoms with Crippen molar-refractivity contribution in [1.82, 2.24) is 9.55 Å². The molecule has 3 rings (SSSR count). The van der Waals surface area contributed by atoms with Crippen molar-refractivity contribution in [1.29, 1.82) is 0 Å². The van der Waals surface area contributed by atoms with Gasteiger partial charge in [0.1, 0.15) is 0 Å². The Labute approximate surface area is 124 Å². The normalized spacial score (nSPS) is 22.5. The van der Waals surface area contributed by atoms with Crippen molar-refractivity contribution >= 4 is 17.0 Å². The van der Waals surface area contributed by atoms with E-state index >= 15 is 0 Å². The first-order valence-corrected chi connectivity index (χ1v) is 7.81. The molecule has 1 N–H and O–H groups in total. The second-order valence-corrected chi connectivity index (χ2v) is 6.36. The molecule has 2 aromatic rings. The maximum atomic E-state index is 11.0. The van der Waals surface area contributed by atoms with Gasteiger partial charge in [-0.25, -0.2) is 9.78 Å². The minimum atomic E-state index is -0.900. The molecule has 1 aliphatic carbocycles. The smallest absolute Gasteiger partial charge is 0.335 e. The highest BCUT2D eigenvalue weighted by Crippen LogP contribution is 2.31. The fourth-order valence-electron chi connectivity index (χ4n) is 3.31. The average molecular weight is 286 g/mol. The monoisotopic (exact) mass is 286 g/mol. The lowest BCUT2D eigenvalue weighted by atomic mass is 9.81. The fourth-order valence-corrected chi connectivity index (χ4v) is 3.31. The Morgan fingerprint density at radius 3 is 2.81 bits per heavy atom. The van der Waals surface area contributed by atoms with Crippen molar-refractivity contribution in [2.45, 2.75) is 45.6 Å². The van der Waals surface area contributed by atoms with Crippen LogP contribution in [0.15, 0.2) is 24.5 Å². The second kappa shape index (κ2) is 5.88. The van der Waals surface area contributed by atoms with Gasteiger partial charge in [0.15, 0.2) is 0 Å². The van der Waals surface area contributed by atoms with Crippen LogP contribution in [-0.2, 0) is 6.54 Å². The summed E-state index contributed by atoms with van der Waals surface area (Å²) in [6.07, 6.45) is 8.43. The second-order valence-electron chi connectivity index (χ2n) is 6.36. The number of aryl methyl sites for hydroxylation is 1. The summed E-state index contributed by atoms with van der Waals surface area (Å²) < 4.78 is 2.15. The summed E-state index contributed by atoms with van der Waals surface area (Å²) in [6.45, 7) is 3.32. The summed E-state index contributed by atoms with van der Waals surface area (Å²) in [6, 6.07) is 5.18. The van der Waals surface area contributed by atoms with Gasteiger partial charge < -0.3 is 9.67 Å². The molecule has 0 saturated heterocycles. The Kier molecular flexibility index (Phi) is 3.95. The Morgan fingerprint density at radius 1 is 1.33 bits per heavy atom. The number of aromatic carboxylic acids is 1. The number of fused-ring (bicyclic) bond motifs is 1. The van der Waals surface area contributed by atoms with Gasteiger partial charge in [-0.05, 0) is 36.5 Å².